The molecule has 0 bridgehead atoms. The van der Waals surface area contributed by atoms with Gasteiger partial charge in [-0.05, 0) is 43.0 Å². The first-order valence-electron chi connectivity index (χ1n) is 10.9. The van der Waals surface area contributed by atoms with Crippen LogP contribution in [0.4, 0.5) is 0 Å². The molecule has 2 atom stereocenters. The second-order valence-corrected chi connectivity index (χ2v) is 7.71. The quantitative estimate of drug-likeness (QED) is 0.666. The number of rotatable bonds is 3. The molecule has 1 aliphatic heterocycles. The van der Waals surface area contributed by atoms with E-state index in [1.54, 1.807) is 6.08 Å². The molecular weight excluding hydrogens is 390 g/mol. The Kier molecular flexibility index (Phi) is 8.82. The molecule has 31 heavy (non-hydrogen) atoms. The monoisotopic (exact) mass is 421 g/mol. The van der Waals surface area contributed by atoms with Crippen LogP contribution in [0.15, 0.2) is 66.7 Å². The number of nitrogens with zero attached hydrogens (tertiary/aromatic N) is 1. The topological polar surface area (TPSA) is 81.7 Å². The highest BCUT2D eigenvalue weighted by atomic mass is 16.3. The van der Waals surface area contributed by atoms with Gasteiger partial charge in [0.05, 0.1) is 6.04 Å². The Labute approximate surface area is 184 Å². The van der Waals surface area contributed by atoms with Crippen LogP contribution in [0.3, 0.4) is 0 Å². The van der Waals surface area contributed by atoms with Gasteiger partial charge in [-0.15, -0.1) is 0 Å². The summed E-state index contributed by atoms with van der Waals surface area (Å²) in [5, 5.41) is 16.7. The summed E-state index contributed by atoms with van der Waals surface area (Å²) in [6, 6.07) is 18.8. The molecule has 0 saturated carbocycles. The van der Waals surface area contributed by atoms with E-state index in [4.69, 9.17) is 0 Å². The maximum atomic E-state index is 12.7. The van der Waals surface area contributed by atoms with Gasteiger partial charge in [0.25, 0.3) is 5.91 Å². The van der Waals surface area contributed by atoms with E-state index in [9.17, 15) is 14.7 Å². The van der Waals surface area contributed by atoms with Crippen LogP contribution in [0.2, 0.25) is 0 Å². The normalized spacial score (nSPS) is 21.6. The molecule has 0 spiro atoms. The summed E-state index contributed by atoms with van der Waals surface area (Å²) < 4.78 is 0. The molecule has 0 unspecified atom stereocenters. The molecule has 164 valence electrons. The molecule has 1 heterocycles. The number of nitrogens with one attached hydrogen (secondary N) is 2. The van der Waals surface area contributed by atoms with Gasteiger partial charge < -0.3 is 20.6 Å². The SMILES string of the molecule is O=C1NCCCN(C(=O)/C=C/c2ccccc2)CCCCN[C@H](c2ccccc2)[C@H]1O. The predicted molar refractivity (Wildman–Crippen MR) is 122 cm³/mol. The van der Waals surface area contributed by atoms with Crippen LogP contribution in [-0.4, -0.2) is 54.1 Å². The fourth-order valence-electron chi connectivity index (χ4n) is 3.66. The first-order valence-corrected chi connectivity index (χ1v) is 10.9. The van der Waals surface area contributed by atoms with Gasteiger partial charge >= 0.3 is 0 Å². The summed E-state index contributed by atoms with van der Waals surface area (Å²) in [5.41, 5.74) is 1.86. The zero-order valence-electron chi connectivity index (χ0n) is 17.7. The summed E-state index contributed by atoms with van der Waals surface area (Å²) in [4.78, 5) is 27.0. The van der Waals surface area contributed by atoms with Crippen molar-refractivity contribution in [2.45, 2.75) is 31.4 Å². The van der Waals surface area contributed by atoms with Gasteiger partial charge in [0.15, 0.2) is 6.10 Å². The van der Waals surface area contributed by atoms with Crippen molar-refractivity contribution >= 4 is 17.9 Å². The van der Waals surface area contributed by atoms with Crippen LogP contribution in [-0.2, 0) is 9.59 Å². The van der Waals surface area contributed by atoms with Crippen LogP contribution in [0, 0.1) is 0 Å². The fraction of sp³-hybridized carbons (Fsp3) is 0.360. The highest BCUT2D eigenvalue weighted by Crippen LogP contribution is 2.17. The summed E-state index contributed by atoms with van der Waals surface area (Å²) in [6.45, 7) is 2.27. The Hall–Kier alpha value is -2.96. The van der Waals surface area contributed by atoms with Crippen LogP contribution >= 0.6 is 0 Å². The molecule has 0 radical (unpaired) electrons. The molecule has 1 aliphatic rings. The summed E-state index contributed by atoms with van der Waals surface area (Å²) in [5.74, 6) is -0.428. The average molecular weight is 422 g/mol. The van der Waals surface area contributed by atoms with Crippen molar-refractivity contribution < 1.29 is 14.7 Å². The van der Waals surface area contributed by atoms with Crippen molar-refractivity contribution in [2.75, 3.05) is 26.2 Å². The molecule has 6 nitrogen and oxygen atoms in total. The molecule has 3 N–H and O–H groups in total. The summed E-state index contributed by atoms with van der Waals surface area (Å²) >= 11 is 0. The predicted octanol–water partition coefficient (Wildman–Crippen LogP) is 2.52. The van der Waals surface area contributed by atoms with Crippen molar-refractivity contribution in [3.8, 4) is 0 Å². The lowest BCUT2D eigenvalue weighted by Crippen LogP contribution is -2.44. The lowest BCUT2D eigenvalue weighted by atomic mass is 10.0. The number of amides is 2. The second kappa shape index (κ2) is 12.0. The lowest BCUT2D eigenvalue weighted by Gasteiger charge is -2.24. The molecule has 0 aliphatic carbocycles. The van der Waals surface area contributed by atoms with E-state index in [2.05, 4.69) is 10.6 Å². The number of benzene rings is 2. The fourth-order valence-corrected chi connectivity index (χ4v) is 3.66. The van der Waals surface area contributed by atoms with Crippen LogP contribution in [0.1, 0.15) is 36.4 Å². The maximum absolute atomic E-state index is 12.7. The smallest absolute Gasteiger partial charge is 0.250 e. The van der Waals surface area contributed by atoms with Gasteiger partial charge in [0, 0.05) is 25.7 Å². The average Bonchev–Trinajstić information content (AvgIpc) is 2.82. The molecule has 1 saturated heterocycles. The minimum Gasteiger partial charge on any atom is -0.381 e. The first-order chi connectivity index (χ1) is 15.1. The Balaban J connectivity index is 1.62. The van der Waals surface area contributed by atoms with Gasteiger partial charge in [-0.3, -0.25) is 9.59 Å². The van der Waals surface area contributed by atoms with E-state index in [0.29, 0.717) is 32.6 Å². The molecule has 2 aromatic carbocycles. The number of carbonyl (C=O) groups is 2. The largest absolute Gasteiger partial charge is 0.381 e. The Morgan fingerprint density at radius 2 is 1.61 bits per heavy atom. The second-order valence-electron chi connectivity index (χ2n) is 7.71. The van der Waals surface area contributed by atoms with Gasteiger partial charge in [-0.2, -0.15) is 0 Å². The number of aliphatic hydroxyl groups is 1. The van der Waals surface area contributed by atoms with E-state index >= 15 is 0 Å². The lowest BCUT2D eigenvalue weighted by molar-refractivity contribution is -0.130. The highest BCUT2D eigenvalue weighted by molar-refractivity contribution is 5.91. The van der Waals surface area contributed by atoms with Crippen molar-refractivity contribution in [1.29, 1.82) is 0 Å². The van der Waals surface area contributed by atoms with Crippen molar-refractivity contribution in [3.05, 3.63) is 77.9 Å². The minimum absolute atomic E-state index is 0.0276. The van der Waals surface area contributed by atoms with E-state index in [-0.39, 0.29) is 5.91 Å². The van der Waals surface area contributed by atoms with Crippen LogP contribution in [0.5, 0.6) is 0 Å². The Bertz CT molecular complexity index is 855. The van der Waals surface area contributed by atoms with E-state index in [1.165, 1.54) is 0 Å². The number of hydrogen-bond donors (Lipinski definition) is 3. The molecule has 0 aromatic heterocycles. The number of hydrogen-bond acceptors (Lipinski definition) is 4. The molecule has 2 amide bonds. The van der Waals surface area contributed by atoms with Crippen LogP contribution in [0.25, 0.3) is 6.08 Å². The first kappa shape index (κ1) is 22.7. The minimum atomic E-state index is -1.17. The van der Waals surface area contributed by atoms with E-state index in [1.807, 2.05) is 71.6 Å². The van der Waals surface area contributed by atoms with Gasteiger partial charge in [0.1, 0.15) is 0 Å². The Morgan fingerprint density at radius 3 is 2.35 bits per heavy atom. The molecule has 2 aromatic rings. The molecular formula is C25H31N3O3. The van der Waals surface area contributed by atoms with Crippen molar-refractivity contribution in [3.63, 3.8) is 0 Å². The Morgan fingerprint density at radius 1 is 0.935 bits per heavy atom. The molecule has 1 fully saturated rings. The van der Waals surface area contributed by atoms with Crippen molar-refractivity contribution in [1.82, 2.24) is 15.5 Å². The highest BCUT2D eigenvalue weighted by Gasteiger charge is 2.27. The van der Waals surface area contributed by atoms with E-state index < -0.39 is 18.1 Å². The molecule has 6 heteroatoms. The van der Waals surface area contributed by atoms with Gasteiger partial charge in [-0.25, -0.2) is 0 Å². The van der Waals surface area contributed by atoms with Gasteiger partial charge in [0.2, 0.25) is 5.91 Å². The van der Waals surface area contributed by atoms with Crippen molar-refractivity contribution in [2.24, 2.45) is 0 Å². The zero-order valence-corrected chi connectivity index (χ0v) is 17.7. The third-order valence-corrected chi connectivity index (χ3v) is 5.40. The number of aliphatic hydroxyl groups excluding tert-OH is 1. The third-order valence-electron chi connectivity index (χ3n) is 5.40. The maximum Gasteiger partial charge on any atom is 0.250 e. The molecule has 3 rings (SSSR count). The third kappa shape index (κ3) is 7.05. The van der Waals surface area contributed by atoms with E-state index in [0.717, 1.165) is 24.0 Å². The summed E-state index contributed by atoms with van der Waals surface area (Å²) in [7, 11) is 0. The van der Waals surface area contributed by atoms with Crippen LogP contribution < -0.4 is 10.6 Å². The standard InChI is InChI=1S/C25H31N3O3/c29-22(15-14-20-10-3-1-4-11-20)28-18-8-7-16-26-23(21-12-5-2-6-13-21)24(30)25(31)27-17-9-19-28/h1-6,10-15,23-24,26,30H,7-9,16-19H2,(H,27,31)/b15-14+/t23-,24-/m1/s1. The van der Waals surface area contributed by atoms with Gasteiger partial charge in [-0.1, -0.05) is 60.7 Å². The summed E-state index contributed by atoms with van der Waals surface area (Å²) in [6.07, 6.45) is 4.58. The zero-order chi connectivity index (χ0) is 21.9. The number of carbonyl (C=O) groups excluding carboxylic acids is 2.